The zero-order valence-electron chi connectivity index (χ0n) is 13.4. The SMILES string of the molecule is Cn1c(=O)cc(C(=O)NCc2cc(C3CC3)n[nH]2)c2ccccc21. The van der Waals surface area contributed by atoms with Crippen LogP contribution in [-0.4, -0.2) is 20.7 Å². The van der Waals surface area contributed by atoms with E-state index in [2.05, 4.69) is 15.5 Å². The number of fused-ring (bicyclic) bond motifs is 1. The zero-order chi connectivity index (χ0) is 16.7. The first-order valence-corrected chi connectivity index (χ1v) is 8.04. The van der Waals surface area contributed by atoms with Gasteiger partial charge in [-0.1, -0.05) is 18.2 Å². The van der Waals surface area contributed by atoms with Crippen molar-refractivity contribution in [3.05, 3.63) is 63.7 Å². The van der Waals surface area contributed by atoms with Crippen molar-refractivity contribution in [1.82, 2.24) is 20.1 Å². The van der Waals surface area contributed by atoms with Crippen LogP contribution >= 0.6 is 0 Å². The number of H-pyrrole nitrogens is 1. The van der Waals surface area contributed by atoms with Gasteiger partial charge in [-0.15, -0.1) is 0 Å². The molecule has 0 unspecified atom stereocenters. The molecule has 1 aromatic carbocycles. The van der Waals surface area contributed by atoms with Crippen LogP contribution < -0.4 is 10.9 Å². The summed E-state index contributed by atoms with van der Waals surface area (Å²) in [7, 11) is 1.70. The summed E-state index contributed by atoms with van der Waals surface area (Å²) >= 11 is 0. The lowest BCUT2D eigenvalue weighted by Gasteiger charge is -2.10. The van der Waals surface area contributed by atoms with Gasteiger partial charge in [-0.25, -0.2) is 0 Å². The maximum Gasteiger partial charge on any atom is 0.252 e. The molecular weight excluding hydrogens is 304 g/mol. The van der Waals surface area contributed by atoms with Gasteiger partial charge in [-0.2, -0.15) is 5.10 Å². The molecule has 0 radical (unpaired) electrons. The largest absolute Gasteiger partial charge is 0.346 e. The van der Waals surface area contributed by atoms with Gasteiger partial charge in [0, 0.05) is 24.4 Å². The average molecular weight is 322 g/mol. The highest BCUT2D eigenvalue weighted by atomic mass is 16.2. The Bertz CT molecular complexity index is 982. The molecule has 0 spiro atoms. The Morgan fingerprint density at radius 2 is 2.12 bits per heavy atom. The van der Waals surface area contributed by atoms with Crippen molar-refractivity contribution in [2.45, 2.75) is 25.3 Å². The molecule has 122 valence electrons. The van der Waals surface area contributed by atoms with Crippen LogP contribution in [0, 0.1) is 0 Å². The van der Waals surface area contributed by atoms with E-state index in [1.54, 1.807) is 11.6 Å². The van der Waals surface area contributed by atoms with Gasteiger partial charge >= 0.3 is 0 Å². The van der Waals surface area contributed by atoms with Gasteiger partial charge in [-0.3, -0.25) is 14.7 Å². The molecule has 3 aromatic rings. The molecule has 1 saturated carbocycles. The van der Waals surface area contributed by atoms with Crippen LogP contribution in [-0.2, 0) is 13.6 Å². The summed E-state index contributed by atoms with van der Waals surface area (Å²) in [5.41, 5.74) is 2.89. The lowest BCUT2D eigenvalue weighted by molar-refractivity contribution is 0.0952. The number of rotatable bonds is 4. The predicted octanol–water partition coefficient (Wildman–Crippen LogP) is 2.07. The monoisotopic (exact) mass is 322 g/mol. The van der Waals surface area contributed by atoms with Crippen LogP contribution in [0.15, 0.2) is 41.2 Å². The Labute approximate surface area is 138 Å². The number of hydrogen-bond acceptors (Lipinski definition) is 3. The van der Waals surface area contributed by atoms with Crippen molar-refractivity contribution in [2.75, 3.05) is 0 Å². The van der Waals surface area contributed by atoms with E-state index in [0.29, 0.717) is 18.0 Å². The summed E-state index contributed by atoms with van der Waals surface area (Å²) in [5, 5.41) is 10.9. The minimum Gasteiger partial charge on any atom is -0.346 e. The fourth-order valence-corrected chi connectivity index (χ4v) is 2.93. The summed E-state index contributed by atoms with van der Waals surface area (Å²) in [6.45, 7) is 0.363. The number of carbonyl (C=O) groups excluding carboxylic acids is 1. The Balaban J connectivity index is 1.58. The molecule has 6 heteroatoms. The van der Waals surface area contributed by atoms with E-state index in [9.17, 15) is 9.59 Å². The van der Waals surface area contributed by atoms with Crippen LogP contribution in [0.5, 0.6) is 0 Å². The van der Waals surface area contributed by atoms with Crippen LogP contribution in [0.4, 0.5) is 0 Å². The summed E-state index contributed by atoms with van der Waals surface area (Å²) in [4.78, 5) is 24.6. The molecule has 2 N–H and O–H groups in total. The van der Waals surface area contributed by atoms with Gasteiger partial charge in [0.25, 0.3) is 11.5 Å². The van der Waals surface area contributed by atoms with Gasteiger partial charge in [-0.05, 0) is 25.0 Å². The fourth-order valence-electron chi connectivity index (χ4n) is 2.93. The highest BCUT2D eigenvalue weighted by Crippen LogP contribution is 2.38. The second-order valence-corrected chi connectivity index (χ2v) is 6.25. The molecule has 1 amide bonds. The fraction of sp³-hybridized carbons (Fsp3) is 0.278. The first kappa shape index (κ1) is 14.7. The van der Waals surface area contributed by atoms with E-state index in [1.807, 2.05) is 30.3 Å². The maximum absolute atomic E-state index is 12.6. The minimum atomic E-state index is -0.258. The minimum absolute atomic E-state index is 0.198. The van der Waals surface area contributed by atoms with Crippen molar-refractivity contribution < 1.29 is 4.79 Å². The van der Waals surface area contributed by atoms with E-state index >= 15 is 0 Å². The van der Waals surface area contributed by atoms with Crippen LogP contribution in [0.1, 0.15) is 40.5 Å². The predicted molar refractivity (Wildman–Crippen MR) is 90.9 cm³/mol. The number of aromatic amines is 1. The smallest absolute Gasteiger partial charge is 0.252 e. The van der Waals surface area contributed by atoms with E-state index in [4.69, 9.17) is 0 Å². The topological polar surface area (TPSA) is 79.8 Å². The third kappa shape index (κ3) is 2.60. The summed E-state index contributed by atoms with van der Waals surface area (Å²) in [5.74, 6) is 0.318. The number of amides is 1. The van der Waals surface area contributed by atoms with Crippen LogP contribution in [0.25, 0.3) is 10.9 Å². The molecule has 1 aliphatic rings. The highest BCUT2D eigenvalue weighted by molar-refractivity contribution is 6.06. The summed E-state index contributed by atoms with van der Waals surface area (Å²) in [6.07, 6.45) is 2.38. The Hall–Kier alpha value is -2.89. The van der Waals surface area contributed by atoms with Crippen molar-refractivity contribution in [3.8, 4) is 0 Å². The lowest BCUT2D eigenvalue weighted by Crippen LogP contribution is -2.26. The van der Waals surface area contributed by atoms with Gasteiger partial charge in [0.2, 0.25) is 0 Å². The van der Waals surface area contributed by atoms with E-state index in [0.717, 1.165) is 22.3 Å². The molecule has 2 heterocycles. The summed E-state index contributed by atoms with van der Waals surface area (Å²) in [6, 6.07) is 10.8. The van der Waals surface area contributed by atoms with Crippen molar-refractivity contribution in [3.63, 3.8) is 0 Å². The molecule has 1 fully saturated rings. The van der Waals surface area contributed by atoms with E-state index in [1.165, 1.54) is 18.9 Å². The number of benzene rings is 1. The number of pyridine rings is 1. The summed E-state index contributed by atoms with van der Waals surface area (Å²) < 4.78 is 1.54. The van der Waals surface area contributed by atoms with Gasteiger partial charge in [0.05, 0.1) is 29.0 Å². The molecule has 0 atom stereocenters. The van der Waals surface area contributed by atoms with Gasteiger partial charge in [0.1, 0.15) is 0 Å². The van der Waals surface area contributed by atoms with Crippen molar-refractivity contribution in [2.24, 2.45) is 7.05 Å². The second kappa shape index (κ2) is 5.63. The number of nitrogens with zero attached hydrogens (tertiary/aromatic N) is 2. The van der Waals surface area contributed by atoms with Crippen molar-refractivity contribution >= 4 is 16.8 Å². The first-order chi connectivity index (χ1) is 11.6. The van der Waals surface area contributed by atoms with Gasteiger partial charge < -0.3 is 9.88 Å². The molecule has 0 bridgehead atoms. The van der Waals surface area contributed by atoms with E-state index < -0.39 is 0 Å². The molecule has 0 saturated heterocycles. The first-order valence-electron chi connectivity index (χ1n) is 8.04. The number of para-hydroxylation sites is 1. The Kier molecular flexibility index (Phi) is 3.45. The lowest BCUT2D eigenvalue weighted by atomic mass is 10.1. The maximum atomic E-state index is 12.6. The second-order valence-electron chi connectivity index (χ2n) is 6.25. The van der Waals surface area contributed by atoms with Crippen molar-refractivity contribution in [1.29, 1.82) is 0 Å². The standard InChI is InChI=1S/C18H18N4O2/c1-22-16-5-3-2-4-13(16)14(9-17(22)23)18(24)19-10-12-8-15(21-20-12)11-6-7-11/h2-5,8-9,11H,6-7,10H2,1H3,(H,19,24)(H,20,21). The van der Waals surface area contributed by atoms with Crippen LogP contribution in [0.3, 0.4) is 0 Å². The third-order valence-corrected chi connectivity index (χ3v) is 4.48. The number of aromatic nitrogens is 3. The molecule has 6 nitrogen and oxygen atoms in total. The van der Waals surface area contributed by atoms with Gasteiger partial charge in [0.15, 0.2) is 0 Å². The number of hydrogen-bond donors (Lipinski definition) is 2. The number of aryl methyl sites for hydroxylation is 1. The zero-order valence-corrected chi connectivity index (χ0v) is 13.4. The third-order valence-electron chi connectivity index (χ3n) is 4.48. The molecule has 1 aliphatic carbocycles. The van der Waals surface area contributed by atoms with E-state index in [-0.39, 0.29) is 11.5 Å². The number of nitrogens with one attached hydrogen (secondary N) is 2. The molecule has 0 aliphatic heterocycles. The number of carbonyl (C=O) groups is 1. The quantitative estimate of drug-likeness (QED) is 0.772. The normalized spacial score (nSPS) is 14.0. The Morgan fingerprint density at radius 1 is 1.33 bits per heavy atom. The molecular formula is C18H18N4O2. The molecule has 2 aromatic heterocycles. The molecule has 24 heavy (non-hydrogen) atoms. The molecule has 4 rings (SSSR count). The van der Waals surface area contributed by atoms with Crippen LogP contribution in [0.2, 0.25) is 0 Å². The average Bonchev–Trinajstić information content (AvgIpc) is 3.34. The highest BCUT2D eigenvalue weighted by Gasteiger charge is 2.26. The Morgan fingerprint density at radius 3 is 2.92 bits per heavy atom.